The summed E-state index contributed by atoms with van der Waals surface area (Å²) in [6.45, 7) is 6.39. The summed E-state index contributed by atoms with van der Waals surface area (Å²) in [7, 11) is -3.51. The van der Waals surface area contributed by atoms with E-state index in [4.69, 9.17) is 10.5 Å². The van der Waals surface area contributed by atoms with E-state index in [2.05, 4.69) is 4.72 Å². The fraction of sp³-hybridized carbons (Fsp3) is 0.571. The first-order valence-electron chi connectivity index (χ1n) is 6.83. The number of rotatable bonds is 8. The highest BCUT2D eigenvalue weighted by molar-refractivity contribution is 7.89. The second-order valence-corrected chi connectivity index (χ2v) is 6.67. The van der Waals surface area contributed by atoms with Crippen molar-refractivity contribution in [3.05, 3.63) is 29.8 Å². The van der Waals surface area contributed by atoms with E-state index < -0.39 is 10.0 Å². The lowest BCUT2D eigenvalue weighted by atomic mass is 10.1. The van der Waals surface area contributed by atoms with Crippen LogP contribution < -0.4 is 10.5 Å². The smallest absolute Gasteiger partial charge is 0.240 e. The van der Waals surface area contributed by atoms with Gasteiger partial charge in [-0.15, -0.1) is 0 Å². The third kappa shape index (κ3) is 5.20. The van der Waals surface area contributed by atoms with Crippen molar-refractivity contribution in [3.8, 4) is 0 Å². The van der Waals surface area contributed by atoms with Gasteiger partial charge in [0, 0.05) is 12.6 Å². The SMILES string of the molecule is CCC(N)c1cccc(S(=O)(=O)NCCOC(C)C)c1. The third-order valence-electron chi connectivity index (χ3n) is 2.88. The van der Waals surface area contributed by atoms with Gasteiger partial charge in [-0.3, -0.25) is 0 Å². The van der Waals surface area contributed by atoms with Crippen molar-refractivity contribution in [3.63, 3.8) is 0 Å². The van der Waals surface area contributed by atoms with Crippen LogP contribution >= 0.6 is 0 Å². The second kappa shape index (κ2) is 7.73. The predicted octanol–water partition coefficient (Wildman–Crippen LogP) is 1.80. The number of benzene rings is 1. The highest BCUT2D eigenvalue weighted by Crippen LogP contribution is 2.18. The molecule has 0 aliphatic carbocycles. The molecule has 1 aromatic carbocycles. The Labute approximate surface area is 121 Å². The molecule has 114 valence electrons. The molecule has 3 N–H and O–H groups in total. The number of sulfonamides is 1. The fourth-order valence-electron chi connectivity index (χ4n) is 1.70. The summed E-state index contributed by atoms with van der Waals surface area (Å²) in [4.78, 5) is 0.239. The molecule has 6 heteroatoms. The predicted molar refractivity (Wildman–Crippen MR) is 79.9 cm³/mol. The minimum atomic E-state index is -3.51. The van der Waals surface area contributed by atoms with Crippen LogP contribution in [-0.2, 0) is 14.8 Å². The zero-order valence-electron chi connectivity index (χ0n) is 12.3. The number of nitrogens with two attached hydrogens (primary N) is 1. The van der Waals surface area contributed by atoms with Gasteiger partial charge in [-0.25, -0.2) is 13.1 Å². The summed E-state index contributed by atoms with van der Waals surface area (Å²) in [6.07, 6.45) is 0.851. The van der Waals surface area contributed by atoms with E-state index in [1.807, 2.05) is 26.8 Å². The van der Waals surface area contributed by atoms with Crippen LogP contribution in [0, 0.1) is 0 Å². The topological polar surface area (TPSA) is 81.4 Å². The second-order valence-electron chi connectivity index (χ2n) is 4.90. The summed E-state index contributed by atoms with van der Waals surface area (Å²) < 4.78 is 32.1. The van der Waals surface area contributed by atoms with Gasteiger partial charge < -0.3 is 10.5 Å². The molecule has 0 heterocycles. The fourth-order valence-corrected chi connectivity index (χ4v) is 2.77. The molecule has 0 aliphatic rings. The third-order valence-corrected chi connectivity index (χ3v) is 4.34. The van der Waals surface area contributed by atoms with Crippen molar-refractivity contribution >= 4 is 10.0 Å². The Kier molecular flexibility index (Phi) is 6.61. The van der Waals surface area contributed by atoms with Crippen LogP contribution in [0.1, 0.15) is 38.8 Å². The molecule has 1 aromatic rings. The Hall–Kier alpha value is -0.950. The zero-order valence-corrected chi connectivity index (χ0v) is 13.1. The Morgan fingerprint density at radius 2 is 2.05 bits per heavy atom. The van der Waals surface area contributed by atoms with Gasteiger partial charge in [0.2, 0.25) is 10.0 Å². The Morgan fingerprint density at radius 3 is 2.65 bits per heavy atom. The summed E-state index contributed by atoms with van der Waals surface area (Å²) in [5, 5.41) is 0. The highest BCUT2D eigenvalue weighted by atomic mass is 32.2. The molecule has 0 radical (unpaired) electrons. The first kappa shape index (κ1) is 17.1. The van der Waals surface area contributed by atoms with Gasteiger partial charge in [-0.1, -0.05) is 19.1 Å². The molecule has 0 saturated heterocycles. The maximum atomic E-state index is 12.1. The molecule has 0 fully saturated rings. The van der Waals surface area contributed by atoms with E-state index in [0.29, 0.717) is 6.61 Å². The Balaban J connectivity index is 2.72. The lowest BCUT2D eigenvalue weighted by molar-refractivity contribution is 0.0834. The standard InChI is InChI=1S/C14H24N2O3S/c1-4-14(15)12-6-5-7-13(10-12)20(17,18)16-8-9-19-11(2)3/h5-7,10-11,14,16H,4,8-9,15H2,1-3H3. The molecule has 0 bridgehead atoms. The van der Waals surface area contributed by atoms with Crippen molar-refractivity contribution in [2.75, 3.05) is 13.2 Å². The first-order chi connectivity index (χ1) is 9.36. The molecule has 1 atom stereocenters. The van der Waals surface area contributed by atoms with Crippen molar-refractivity contribution in [1.29, 1.82) is 0 Å². The normalized spacial score (nSPS) is 13.7. The minimum absolute atomic E-state index is 0.0883. The molecular formula is C14H24N2O3S. The van der Waals surface area contributed by atoms with Gasteiger partial charge >= 0.3 is 0 Å². The molecule has 1 unspecified atom stereocenters. The molecule has 1 rings (SSSR count). The molecule has 20 heavy (non-hydrogen) atoms. The van der Waals surface area contributed by atoms with Crippen LogP contribution in [0.2, 0.25) is 0 Å². The van der Waals surface area contributed by atoms with Crippen LogP contribution in [0.5, 0.6) is 0 Å². The van der Waals surface area contributed by atoms with E-state index >= 15 is 0 Å². The summed E-state index contributed by atoms with van der Waals surface area (Å²) in [5.74, 6) is 0. The van der Waals surface area contributed by atoms with Crippen LogP contribution in [0.4, 0.5) is 0 Å². The van der Waals surface area contributed by atoms with E-state index in [1.165, 1.54) is 0 Å². The molecule has 0 amide bonds. The van der Waals surface area contributed by atoms with Crippen molar-refractivity contribution < 1.29 is 13.2 Å². The van der Waals surface area contributed by atoms with Crippen LogP contribution in [-0.4, -0.2) is 27.7 Å². The van der Waals surface area contributed by atoms with Crippen molar-refractivity contribution in [2.24, 2.45) is 5.73 Å². The summed E-state index contributed by atoms with van der Waals surface area (Å²) in [6, 6.07) is 6.60. The molecule has 0 aromatic heterocycles. The van der Waals surface area contributed by atoms with Crippen molar-refractivity contribution in [1.82, 2.24) is 4.72 Å². The number of nitrogens with one attached hydrogen (secondary N) is 1. The number of hydrogen-bond acceptors (Lipinski definition) is 4. The number of hydrogen-bond donors (Lipinski definition) is 2. The molecule has 0 aliphatic heterocycles. The van der Waals surface area contributed by atoms with Gasteiger partial charge in [0.1, 0.15) is 0 Å². The molecular weight excluding hydrogens is 276 g/mol. The summed E-state index contributed by atoms with van der Waals surface area (Å²) in [5.41, 5.74) is 6.75. The minimum Gasteiger partial charge on any atom is -0.377 e. The van der Waals surface area contributed by atoms with Gasteiger partial charge in [0.05, 0.1) is 17.6 Å². The maximum absolute atomic E-state index is 12.1. The Morgan fingerprint density at radius 1 is 1.35 bits per heavy atom. The lowest BCUT2D eigenvalue weighted by Gasteiger charge is -2.12. The average Bonchev–Trinajstić information content (AvgIpc) is 2.42. The van der Waals surface area contributed by atoms with E-state index in [0.717, 1.165) is 12.0 Å². The maximum Gasteiger partial charge on any atom is 0.240 e. The molecule has 5 nitrogen and oxygen atoms in total. The van der Waals surface area contributed by atoms with Crippen LogP contribution in [0.25, 0.3) is 0 Å². The lowest BCUT2D eigenvalue weighted by Crippen LogP contribution is -2.28. The quantitative estimate of drug-likeness (QED) is 0.717. The van der Waals surface area contributed by atoms with Gasteiger partial charge in [0.25, 0.3) is 0 Å². The van der Waals surface area contributed by atoms with E-state index in [1.54, 1.807) is 18.2 Å². The van der Waals surface area contributed by atoms with E-state index in [9.17, 15) is 8.42 Å². The monoisotopic (exact) mass is 300 g/mol. The van der Waals surface area contributed by atoms with Gasteiger partial charge in [-0.05, 0) is 38.0 Å². The summed E-state index contributed by atoms with van der Waals surface area (Å²) >= 11 is 0. The first-order valence-corrected chi connectivity index (χ1v) is 8.32. The Bertz CT molecular complexity index is 515. The van der Waals surface area contributed by atoms with Gasteiger partial charge in [0.15, 0.2) is 0 Å². The molecule has 0 spiro atoms. The highest BCUT2D eigenvalue weighted by Gasteiger charge is 2.15. The van der Waals surface area contributed by atoms with Crippen molar-refractivity contribution in [2.45, 2.75) is 44.2 Å². The zero-order chi connectivity index (χ0) is 15.2. The van der Waals surface area contributed by atoms with Gasteiger partial charge in [-0.2, -0.15) is 0 Å². The van der Waals surface area contributed by atoms with Crippen LogP contribution in [0.3, 0.4) is 0 Å². The average molecular weight is 300 g/mol. The molecule has 0 saturated carbocycles. The van der Waals surface area contributed by atoms with Crippen LogP contribution in [0.15, 0.2) is 29.2 Å². The number of ether oxygens (including phenoxy) is 1. The largest absolute Gasteiger partial charge is 0.377 e. The van der Waals surface area contributed by atoms with E-state index in [-0.39, 0.29) is 23.6 Å².